The average Bonchev–Trinajstić information content (AvgIpc) is 2.94. The van der Waals surface area contributed by atoms with Gasteiger partial charge in [0.05, 0.1) is 37.8 Å². The SMILES string of the molecule is COc1cccc(OC)c1-c1ccc(C(=O)NC(CC(=O)O)C(C)C)cc1-c1ccc(Cl)c(OCCCN(C)C)c1. The van der Waals surface area contributed by atoms with E-state index >= 15 is 0 Å². The van der Waals surface area contributed by atoms with E-state index in [0.29, 0.717) is 34.4 Å². The number of hydrogen-bond acceptors (Lipinski definition) is 6. The molecule has 8 nitrogen and oxygen atoms in total. The van der Waals surface area contributed by atoms with Gasteiger partial charge in [-0.05, 0) is 79.5 Å². The van der Waals surface area contributed by atoms with Crippen molar-refractivity contribution in [2.75, 3.05) is 41.5 Å². The third-order valence-electron chi connectivity index (χ3n) is 6.74. The van der Waals surface area contributed by atoms with E-state index in [2.05, 4.69) is 10.2 Å². The van der Waals surface area contributed by atoms with Crippen molar-refractivity contribution in [1.82, 2.24) is 10.2 Å². The van der Waals surface area contributed by atoms with Gasteiger partial charge in [0.1, 0.15) is 17.2 Å². The van der Waals surface area contributed by atoms with Crippen LogP contribution < -0.4 is 19.5 Å². The molecule has 0 saturated heterocycles. The predicted molar refractivity (Wildman–Crippen MR) is 162 cm³/mol. The largest absolute Gasteiger partial charge is 0.496 e. The summed E-state index contributed by atoms with van der Waals surface area (Å²) in [4.78, 5) is 26.8. The number of methoxy groups -OCH3 is 2. The summed E-state index contributed by atoms with van der Waals surface area (Å²) in [7, 11) is 7.21. The van der Waals surface area contributed by atoms with Gasteiger partial charge < -0.3 is 29.5 Å². The number of ether oxygens (including phenoxy) is 3. The molecule has 0 spiro atoms. The van der Waals surface area contributed by atoms with Crippen LogP contribution in [0.4, 0.5) is 0 Å². The van der Waals surface area contributed by atoms with Crippen LogP contribution in [0.15, 0.2) is 54.6 Å². The first kappa shape index (κ1) is 31.8. The fourth-order valence-electron chi connectivity index (χ4n) is 4.50. The molecule has 0 aliphatic carbocycles. The predicted octanol–water partition coefficient (Wildman–Crippen LogP) is 6.25. The second-order valence-corrected chi connectivity index (χ2v) is 10.8. The second-order valence-electron chi connectivity index (χ2n) is 10.4. The van der Waals surface area contributed by atoms with E-state index < -0.39 is 12.0 Å². The van der Waals surface area contributed by atoms with Gasteiger partial charge in [0, 0.05) is 18.2 Å². The minimum atomic E-state index is -0.970. The Balaban J connectivity index is 2.13. The zero-order valence-electron chi connectivity index (χ0n) is 24.5. The molecular formula is C32H39ClN2O6. The summed E-state index contributed by atoms with van der Waals surface area (Å²) >= 11 is 6.50. The maximum absolute atomic E-state index is 13.4. The number of halogens is 1. The number of amides is 1. The Labute approximate surface area is 247 Å². The number of aliphatic carboxylic acids is 1. The van der Waals surface area contributed by atoms with E-state index in [1.807, 2.05) is 64.3 Å². The summed E-state index contributed by atoms with van der Waals surface area (Å²) in [5, 5.41) is 12.7. The maximum Gasteiger partial charge on any atom is 0.305 e. The standard InChI is InChI=1S/C32H39ClN2O6/c1-20(2)26(19-30(36)37)34-32(38)22-11-13-23(31-27(39-5)9-7-10-28(31)40-6)24(17-22)21-12-14-25(33)29(18-21)41-16-8-15-35(3)4/h7,9-14,17-18,20,26H,8,15-16,19H2,1-6H3,(H,34,38)(H,36,37). The Morgan fingerprint density at radius 2 is 1.63 bits per heavy atom. The molecule has 1 atom stereocenters. The molecule has 0 bridgehead atoms. The van der Waals surface area contributed by atoms with Gasteiger partial charge in [-0.1, -0.05) is 43.6 Å². The van der Waals surface area contributed by atoms with Gasteiger partial charge in [0.2, 0.25) is 0 Å². The highest BCUT2D eigenvalue weighted by Gasteiger charge is 2.23. The molecule has 220 valence electrons. The van der Waals surface area contributed by atoms with Crippen molar-refractivity contribution in [2.24, 2.45) is 5.92 Å². The first-order chi connectivity index (χ1) is 19.5. The second kappa shape index (κ2) is 14.8. The number of benzene rings is 3. The van der Waals surface area contributed by atoms with E-state index in [1.54, 1.807) is 32.4 Å². The molecule has 1 unspecified atom stereocenters. The number of carbonyl (C=O) groups excluding carboxylic acids is 1. The van der Waals surface area contributed by atoms with Crippen LogP contribution in [-0.2, 0) is 4.79 Å². The molecule has 1 amide bonds. The minimum Gasteiger partial charge on any atom is -0.496 e. The van der Waals surface area contributed by atoms with Crippen LogP contribution in [0.3, 0.4) is 0 Å². The smallest absolute Gasteiger partial charge is 0.305 e. The molecule has 0 radical (unpaired) electrons. The molecule has 0 saturated carbocycles. The topological polar surface area (TPSA) is 97.3 Å². The highest BCUT2D eigenvalue weighted by molar-refractivity contribution is 6.32. The van der Waals surface area contributed by atoms with Gasteiger partial charge in [-0.3, -0.25) is 9.59 Å². The Kier molecular flexibility index (Phi) is 11.4. The molecule has 3 aromatic carbocycles. The summed E-state index contributed by atoms with van der Waals surface area (Å²) in [5.41, 5.74) is 3.41. The Hall–Kier alpha value is -3.75. The summed E-state index contributed by atoms with van der Waals surface area (Å²) in [5.74, 6) is 0.366. The molecule has 41 heavy (non-hydrogen) atoms. The lowest BCUT2D eigenvalue weighted by atomic mass is 9.91. The Bertz CT molecular complexity index is 1340. The van der Waals surface area contributed by atoms with Crippen molar-refractivity contribution in [3.63, 3.8) is 0 Å². The van der Waals surface area contributed by atoms with E-state index in [9.17, 15) is 14.7 Å². The number of carboxylic acid groups (broad SMARTS) is 1. The molecular weight excluding hydrogens is 544 g/mol. The summed E-state index contributed by atoms with van der Waals surface area (Å²) in [6.07, 6.45) is 0.665. The zero-order chi connectivity index (χ0) is 30.1. The van der Waals surface area contributed by atoms with E-state index in [4.69, 9.17) is 25.8 Å². The fourth-order valence-corrected chi connectivity index (χ4v) is 4.67. The van der Waals surface area contributed by atoms with Gasteiger partial charge in [-0.15, -0.1) is 0 Å². The van der Waals surface area contributed by atoms with Crippen LogP contribution in [0.25, 0.3) is 22.3 Å². The lowest BCUT2D eigenvalue weighted by Gasteiger charge is -2.22. The van der Waals surface area contributed by atoms with Crippen molar-refractivity contribution in [3.05, 3.63) is 65.2 Å². The number of carboxylic acids is 1. The summed E-state index contributed by atoms with van der Waals surface area (Å²) in [6.45, 7) is 5.14. The lowest BCUT2D eigenvalue weighted by molar-refractivity contribution is -0.137. The number of hydrogen-bond donors (Lipinski definition) is 2. The molecule has 0 aliphatic rings. The molecule has 9 heteroatoms. The van der Waals surface area contributed by atoms with Gasteiger partial charge in [0.15, 0.2) is 0 Å². The maximum atomic E-state index is 13.4. The van der Waals surface area contributed by atoms with Crippen molar-refractivity contribution < 1.29 is 28.9 Å². The van der Waals surface area contributed by atoms with Gasteiger partial charge in [0.25, 0.3) is 5.91 Å². The van der Waals surface area contributed by atoms with Crippen LogP contribution in [0.5, 0.6) is 17.2 Å². The van der Waals surface area contributed by atoms with E-state index in [-0.39, 0.29) is 18.2 Å². The normalized spacial score (nSPS) is 11.8. The Morgan fingerprint density at radius 3 is 2.22 bits per heavy atom. The highest BCUT2D eigenvalue weighted by atomic mass is 35.5. The van der Waals surface area contributed by atoms with Crippen LogP contribution in [0, 0.1) is 5.92 Å². The van der Waals surface area contributed by atoms with E-state index in [0.717, 1.165) is 35.2 Å². The number of carbonyl (C=O) groups is 2. The van der Waals surface area contributed by atoms with Gasteiger partial charge in [-0.2, -0.15) is 0 Å². The number of rotatable bonds is 14. The molecule has 0 fully saturated rings. The van der Waals surface area contributed by atoms with E-state index in [1.165, 1.54) is 0 Å². The zero-order valence-corrected chi connectivity index (χ0v) is 25.2. The van der Waals surface area contributed by atoms with Gasteiger partial charge >= 0.3 is 5.97 Å². The quantitative estimate of drug-likeness (QED) is 0.217. The highest BCUT2D eigenvalue weighted by Crippen LogP contribution is 2.44. The molecule has 0 aromatic heterocycles. The average molecular weight is 583 g/mol. The lowest BCUT2D eigenvalue weighted by Crippen LogP contribution is -2.40. The third-order valence-corrected chi connectivity index (χ3v) is 7.06. The Morgan fingerprint density at radius 1 is 0.951 bits per heavy atom. The monoisotopic (exact) mass is 582 g/mol. The van der Waals surface area contributed by atoms with Crippen LogP contribution in [0.1, 0.15) is 37.0 Å². The minimum absolute atomic E-state index is 0.0601. The number of nitrogens with zero attached hydrogens (tertiary/aromatic N) is 1. The summed E-state index contributed by atoms with van der Waals surface area (Å²) < 4.78 is 17.4. The molecule has 3 aromatic rings. The summed E-state index contributed by atoms with van der Waals surface area (Å²) in [6, 6.07) is 15.9. The molecule has 3 rings (SSSR count). The molecule has 0 heterocycles. The van der Waals surface area contributed by atoms with Crippen molar-refractivity contribution in [3.8, 4) is 39.5 Å². The first-order valence-corrected chi connectivity index (χ1v) is 13.9. The van der Waals surface area contributed by atoms with Crippen LogP contribution in [0.2, 0.25) is 5.02 Å². The van der Waals surface area contributed by atoms with Crippen LogP contribution >= 0.6 is 11.6 Å². The molecule has 0 aliphatic heterocycles. The van der Waals surface area contributed by atoms with Crippen molar-refractivity contribution >= 4 is 23.5 Å². The van der Waals surface area contributed by atoms with Crippen LogP contribution in [-0.4, -0.2) is 69.4 Å². The van der Waals surface area contributed by atoms with Crippen molar-refractivity contribution in [2.45, 2.75) is 32.7 Å². The van der Waals surface area contributed by atoms with Crippen molar-refractivity contribution in [1.29, 1.82) is 0 Å². The number of nitrogens with one attached hydrogen (secondary N) is 1. The molecule has 2 N–H and O–H groups in total. The van der Waals surface area contributed by atoms with Gasteiger partial charge in [-0.25, -0.2) is 0 Å². The fraction of sp³-hybridized carbons (Fsp3) is 0.375. The third kappa shape index (κ3) is 8.38. The first-order valence-electron chi connectivity index (χ1n) is 13.5.